The van der Waals surface area contributed by atoms with Crippen molar-refractivity contribution in [3.8, 4) is 0 Å². The molecule has 0 fully saturated rings. The molecule has 174 valence electrons. The van der Waals surface area contributed by atoms with Crippen LogP contribution in [0.5, 0.6) is 0 Å². The van der Waals surface area contributed by atoms with E-state index in [1.165, 1.54) is 30.3 Å². The topological polar surface area (TPSA) is 92.5 Å². The summed E-state index contributed by atoms with van der Waals surface area (Å²) in [5.41, 5.74) is -0.619. The summed E-state index contributed by atoms with van der Waals surface area (Å²) in [7, 11) is -4.31. The van der Waals surface area contributed by atoms with E-state index >= 15 is 0 Å². The highest BCUT2D eigenvalue weighted by atomic mass is 32.2. The number of nitrogens with zero attached hydrogens (tertiary/aromatic N) is 2. The first kappa shape index (κ1) is 24.1. The molecule has 0 spiro atoms. The summed E-state index contributed by atoms with van der Waals surface area (Å²) in [6.45, 7) is 5.00. The molecule has 3 aromatic rings. The van der Waals surface area contributed by atoms with E-state index in [4.69, 9.17) is 4.52 Å². The summed E-state index contributed by atoms with van der Waals surface area (Å²) in [6, 6.07) is 10.8. The number of aryl methyl sites for hydroxylation is 1. The number of amides is 1. The Morgan fingerprint density at radius 3 is 2.55 bits per heavy atom. The maximum absolute atomic E-state index is 13.3. The Morgan fingerprint density at radius 2 is 1.91 bits per heavy atom. The molecule has 1 heterocycles. The third-order valence-electron chi connectivity index (χ3n) is 4.55. The van der Waals surface area contributed by atoms with E-state index in [0.717, 1.165) is 28.6 Å². The van der Waals surface area contributed by atoms with E-state index in [9.17, 15) is 26.4 Å². The van der Waals surface area contributed by atoms with Gasteiger partial charge in [-0.05, 0) is 43.3 Å². The number of hydrogen-bond donors (Lipinski definition) is 1. The van der Waals surface area contributed by atoms with Crippen LogP contribution in [0, 0.1) is 6.92 Å². The second-order valence-electron chi connectivity index (χ2n) is 7.01. The summed E-state index contributed by atoms with van der Waals surface area (Å²) in [5, 5.41) is 6.36. The van der Waals surface area contributed by atoms with Crippen molar-refractivity contribution in [1.29, 1.82) is 0 Å². The van der Waals surface area contributed by atoms with Gasteiger partial charge in [0.1, 0.15) is 11.5 Å². The zero-order valence-corrected chi connectivity index (χ0v) is 18.3. The van der Waals surface area contributed by atoms with Gasteiger partial charge in [-0.2, -0.15) is 13.2 Å². The summed E-state index contributed by atoms with van der Waals surface area (Å²) >= 11 is 0. The Hall–Kier alpha value is -3.60. The van der Waals surface area contributed by atoms with Crippen molar-refractivity contribution < 1.29 is 30.9 Å². The molecule has 1 aromatic heterocycles. The quantitative estimate of drug-likeness (QED) is 0.486. The molecule has 33 heavy (non-hydrogen) atoms. The minimum absolute atomic E-state index is 0.0545. The summed E-state index contributed by atoms with van der Waals surface area (Å²) in [5.74, 6) is 0.0197. The van der Waals surface area contributed by atoms with Gasteiger partial charge < -0.3 is 9.84 Å². The fraction of sp³-hybridized carbons (Fsp3) is 0.182. The molecule has 0 saturated heterocycles. The number of rotatable bonds is 8. The van der Waals surface area contributed by atoms with Gasteiger partial charge in [0.05, 0.1) is 29.2 Å². The summed E-state index contributed by atoms with van der Waals surface area (Å²) in [6.07, 6.45) is -3.38. The van der Waals surface area contributed by atoms with Crippen LogP contribution in [-0.4, -0.2) is 26.0 Å². The lowest BCUT2D eigenvalue weighted by molar-refractivity contribution is -0.137. The van der Waals surface area contributed by atoms with E-state index in [0.29, 0.717) is 11.5 Å². The fourth-order valence-corrected chi connectivity index (χ4v) is 4.47. The average Bonchev–Trinajstić information content (AvgIpc) is 3.20. The Morgan fingerprint density at radius 1 is 1.18 bits per heavy atom. The van der Waals surface area contributed by atoms with Gasteiger partial charge in [-0.25, -0.2) is 8.42 Å². The lowest BCUT2D eigenvalue weighted by Crippen LogP contribution is -2.32. The van der Waals surface area contributed by atoms with Gasteiger partial charge in [-0.15, -0.1) is 6.58 Å². The number of alkyl halides is 3. The Labute approximate surface area is 188 Å². The molecule has 1 N–H and O–H groups in total. The molecule has 0 radical (unpaired) electrons. The fourth-order valence-electron chi connectivity index (χ4n) is 3.00. The minimum Gasteiger partial charge on any atom is -0.361 e. The molecule has 7 nitrogen and oxygen atoms in total. The number of carbonyl (C=O) groups excluding carboxylic acids is 1. The standard InChI is InChI=1S/C22H20F3N3O4S/c1-3-10-28(19-8-5-7-17(13-19)22(23,24)25)33(30,31)20-9-4-6-16(12-20)21(29)26-14-18-11-15(2)32-27-18/h3-9,11-13H,1,10,14H2,2H3,(H,26,29). The SMILES string of the molecule is C=CCN(c1cccc(C(F)(F)F)c1)S(=O)(=O)c1cccc(C(=O)NCc2cc(C)on2)c1. The molecular weight excluding hydrogens is 459 g/mol. The van der Waals surface area contributed by atoms with Crippen molar-refractivity contribution in [2.24, 2.45) is 0 Å². The second-order valence-corrected chi connectivity index (χ2v) is 8.87. The van der Waals surface area contributed by atoms with Crippen molar-refractivity contribution >= 4 is 21.6 Å². The Bertz CT molecular complexity index is 1270. The predicted octanol–water partition coefficient (Wildman–Crippen LogP) is 4.31. The Kier molecular flexibility index (Phi) is 6.92. The van der Waals surface area contributed by atoms with E-state index in [1.807, 2.05) is 0 Å². The molecule has 0 aliphatic rings. The molecule has 0 saturated carbocycles. The van der Waals surface area contributed by atoms with Crippen LogP contribution < -0.4 is 9.62 Å². The van der Waals surface area contributed by atoms with E-state index in [2.05, 4.69) is 17.1 Å². The zero-order chi connectivity index (χ0) is 24.2. The summed E-state index contributed by atoms with van der Waals surface area (Å²) < 4.78 is 71.7. The van der Waals surface area contributed by atoms with Gasteiger partial charge in [0.25, 0.3) is 15.9 Å². The second kappa shape index (κ2) is 9.49. The molecule has 0 bridgehead atoms. The molecule has 0 atom stereocenters. The van der Waals surface area contributed by atoms with E-state index in [1.54, 1.807) is 13.0 Å². The molecule has 1 amide bonds. The highest BCUT2D eigenvalue weighted by molar-refractivity contribution is 7.92. The first-order chi connectivity index (χ1) is 15.5. The first-order valence-corrected chi connectivity index (χ1v) is 11.1. The molecule has 0 aliphatic carbocycles. The van der Waals surface area contributed by atoms with Gasteiger partial charge in [0.2, 0.25) is 0 Å². The van der Waals surface area contributed by atoms with Crippen molar-refractivity contribution in [3.05, 3.63) is 89.8 Å². The van der Waals surface area contributed by atoms with Crippen molar-refractivity contribution in [2.75, 3.05) is 10.8 Å². The van der Waals surface area contributed by atoms with Crippen molar-refractivity contribution in [3.63, 3.8) is 0 Å². The van der Waals surface area contributed by atoms with Crippen LogP contribution in [0.3, 0.4) is 0 Å². The molecule has 3 rings (SSSR count). The van der Waals surface area contributed by atoms with Crippen LogP contribution in [0.15, 0.2) is 76.7 Å². The maximum Gasteiger partial charge on any atom is 0.416 e. The van der Waals surface area contributed by atoms with Crippen LogP contribution in [0.25, 0.3) is 0 Å². The minimum atomic E-state index is -4.64. The number of carbonyl (C=O) groups is 1. The number of aromatic nitrogens is 1. The number of hydrogen-bond acceptors (Lipinski definition) is 5. The molecule has 2 aromatic carbocycles. The number of halogens is 3. The largest absolute Gasteiger partial charge is 0.416 e. The van der Waals surface area contributed by atoms with Gasteiger partial charge in [0.15, 0.2) is 0 Å². The average molecular weight is 479 g/mol. The molecule has 0 unspecified atom stereocenters. The van der Waals surface area contributed by atoms with Gasteiger partial charge in [-0.3, -0.25) is 9.10 Å². The third kappa shape index (κ3) is 5.61. The van der Waals surface area contributed by atoms with Gasteiger partial charge >= 0.3 is 6.18 Å². The van der Waals surface area contributed by atoms with Crippen molar-refractivity contribution in [2.45, 2.75) is 24.5 Å². The van der Waals surface area contributed by atoms with Crippen LogP contribution in [-0.2, 0) is 22.7 Å². The molecule has 11 heteroatoms. The van der Waals surface area contributed by atoms with Crippen LogP contribution in [0.4, 0.5) is 18.9 Å². The highest BCUT2D eigenvalue weighted by Gasteiger charge is 2.32. The number of benzene rings is 2. The number of nitrogens with one attached hydrogen (secondary N) is 1. The van der Waals surface area contributed by atoms with Crippen molar-refractivity contribution in [1.82, 2.24) is 10.5 Å². The Balaban J connectivity index is 1.90. The molecular formula is C22H20F3N3O4S. The predicted molar refractivity (Wildman–Crippen MR) is 115 cm³/mol. The summed E-state index contributed by atoms with van der Waals surface area (Å²) in [4.78, 5) is 12.2. The highest BCUT2D eigenvalue weighted by Crippen LogP contribution is 2.33. The number of sulfonamides is 1. The normalized spacial score (nSPS) is 11.8. The smallest absolute Gasteiger partial charge is 0.361 e. The lowest BCUT2D eigenvalue weighted by atomic mass is 10.2. The zero-order valence-electron chi connectivity index (χ0n) is 17.5. The molecule has 0 aliphatic heterocycles. The van der Waals surface area contributed by atoms with E-state index < -0.39 is 27.7 Å². The van der Waals surface area contributed by atoms with Gasteiger partial charge in [0, 0.05) is 11.6 Å². The third-order valence-corrected chi connectivity index (χ3v) is 6.34. The van der Waals surface area contributed by atoms with Crippen LogP contribution in [0.2, 0.25) is 0 Å². The van der Waals surface area contributed by atoms with Crippen LogP contribution in [0.1, 0.15) is 27.4 Å². The van der Waals surface area contributed by atoms with E-state index in [-0.39, 0.29) is 29.2 Å². The number of anilines is 1. The maximum atomic E-state index is 13.3. The van der Waals surface area contributed by atoms with Crippen LogP contribution >= 0.6 is 0 Å². The lowest BCUT2D eigenvalue weighted by Gasteiger charge is -2.24. The monoisotopic (exact) mass is 479 g/mol. The first-order valence-electron chi connectivity index (χ1n) is 9.63. The van der Waals surface area contributed by atoms with Gasteiger partial charge in [-0.1, -0.05) is 23.4 Å².